The van der Waals surface area contributed by atoms with Gasteiger partial charge in [-0.15, -0.1) is 0 Å². The van der Waals surface area contributed by atoms with Gasteiger partial charge in [-0.25, -0.2) is 4.98 Å². The Morgan fingerprint density at radius 2 is 2.04 bits per heavy atom. The number of carbonyl (C=O) groups excluding carboxylic acids is 1. The molecule has 0 aliphatic heterocycles. The molecule has 1 aliphatic carbocycles. The highest BCUT2D eigenvalue weighted by Gasteiger charge is 2.28. The summed E-state index contributed by atoms with van der Waals surface area (Å²) in [5.41, 5.74) is 1.03. The average molecular weight is 401 g/mol. The zero-order valence-electron chi connectivity index (χ0n) is 14.6. The van der Waals surface area contributed by atoms with E-state index in [0.29, 0.717) is 38.9 Å². The standard InChI is InChI=1S/C20H17ClN2O3S/c1-26-17-10-9-12(11-14(17)21)23-19(25)13-5-2-3-6-15(13)22-20(23)27-18-8-4-7-16(18)24/h2-3,5-6,9-11,18H,4,7-8H2,1H3/t18-/m0/s1. The topological polar surface area (TPSA) is 61.2 Å². The molecule has 0 amide bonds. The molecule has 0 spiro atoms. The molecule has 1 heterocycles. The zero-order chi connectivity index (χ0) is 19.0. The van der Waals surface area contributed by atoms with Gasteiger partial charge in [-0.2, -0.15) is 0 Å². The van der Waals surface area contributed by atoms with E-state index in [1.54, 1.807) is 24.3 Å². The Kier molecular flexibility index (Phi) is 4.93. The molecule has 0 N–H and O–H groups in total. The first-order valence-corrected chi connectivity index (χ1v) is 9.89. The molecule has 1 aromatic heterocycles. The lowest BCUT2D eigenvalue weighted by molar-refractivity contribution is -0.116. The third-order valence-electron chi connectivity index (χ3n) is 4.63. The fraction of sp³-hybridized carbons (Fsp3) is 0.250. The normalized spacial score (nSPS) is 16.8. The van der Waals surface area contributed by atoms with Crippen LogP contribution in [0, 0.1) is 0 Å². The first-order chi connectivity index (χ1) is 13.1. The highest BCUT2D eigenvalue weighted by Crippen LogP contribution is 2.34. The number of fused-ring (bicyclic) bond motifs is 1. The fourth-order valence-electron chi connectivity index (χ4n) is 3.25. The number of thioether (sulfide) groups is 1. The summed E-state index contributed by atoms with van der Waals surface area (Å²) in [6, 6.07) is 12.4. The van der Waals surface area contributed by atoms with Crippen LogP contribution in [0.3, 0.4) is 0 Å². The minimum absolute atomic E-state index is 0.168. The van der Waals surface area contributed by atoms with E-state index in [9.17, 15) is 9.59 Å². The van der Waals surface area contributed by atoms with Gasteiger partial charge in [0.1, 0.15) is 11.5 Å². The quantitative estimate of drug-likeness (QED) is 0.612. The van der Waals surface area contributed by atoms with Crippen molar-refractivity contribution in [2.45, 2.75) is 29.7 Å². The number of para-hydroxylation sites is 1. The van der Waals surface area contributed by atoms with Crippen LogP contribution >= 0.6 is 23.4 Å². The van der Waals surface area contributed by atoms with Gasteiger partial charge in [0.05, 0.1) is 34.0 Å². The van der Waals surface area contributed by atoms with Crippen LogP contribution in [0.1, 0.15) is 19.3 Å². The minimum atomic E-state index is -0.185. The summed E-state index contributed by atoms with van der Waals surface area (Å²) in [5, 5.41) is 1.26. The van der Waals surface area contributed by atoms with Gasteiger partial charge < -0.3 is 4.74 Å². The number of carbonyl (C=O) groups is 1. The lowest BCUT2D eigenvalue weighted by atomic mass is 10.2. The number of ether oxygens (including phenoxy) is 1. The molecule has 0 unspecified atom stereocenters. The van der Waals surface area contributed by atoms with E-state index >= 15 is 0 Å². The maximum atomic E-state index is 13.2. The molecule has 3 aromatic rings. The van der Waals surface area contributed by atoms with Crippen molar-refractivity contribution in [3.05, 3.63) is 57.8 Å². The Morgan fingerprint density at radius 3 is 2.74 bits per heavy atom. The van der Waals surface area contributed by atoms with E-state index in [0.717, 1.165) is 12.8 Å². The Hall–Kier alpha value is -2.31. The number of ketones is 1. The Labute approximate surface area is 165 Å². The summed E-state index contributed by atoms with van der Waals surface area (Å²) < 4.78 is 6.74. The molecule has 27 heavy (non-hydrogen) atoms. The first kappa shape index (κ1) is 18.1. The molecule has 1 atom stereocenters. The SMILES string of the molecule is COc1ccc(-n2c(S[C@H]3CCCC3=O)nc3ccccc3c2=O)cc1Cl. The van der Waals surface area contributed by atoms with E-state index in [2.05, 4.69) is 4.98 Å². The lowest BCUT2D eigenvalue weighted by Gasteiger charge is -2.16. The largest absolute Gasteiger partial charge is 0.495 e. The van der Waals surface area contributed by atoms with Gasteiger partial charge in [-0.05, 0) is 43.2 Å². The molecule has 138 valence electrons. The minimum Gasteiger partial charge on any atom is -0.495 e. The van der Waals surface area contributed by atoms with Crippen LogP contribution in [-0.4, -0.2) is 27.7 Å². The number of benzene rings is 2. The third kappa shape index (κ3) is 3.35. The van der Waals surface area contributed by atoms with E-state index in [1.807, 2.05) is 18.2 Å². The number of aromatic nitrogens is 2. The lowest BCUT2D eigenvalue weighted by Crippen LogP contribution is -2.23. The van der Waals surface area contributed by atoms with Gasteiger partial charge in [0.2, 0.25) is 0 Å². The first-order valence-electron chi connectivity index (χ1n) is 8.63. The molecule has 0 saturated heterocycles. The Balaban J connectivity index is 1.92. The molecule has 5 nitrogen and oxygen atoms in total. The average Bonchev–Trinajstić information content (AvgIpc) is 3.07. The number of hydrogen-bond acceptors (Lipinski definition) is 5. The van der Waals surface area contributed by atoms with Gasteiger partial charge in [-0.1, -0.05) is 35.5 Å². The summed E-state index contributed by atoms with van der Waals surface area (Å²) in [5.74, 6) is 0.740. The fourth-order valence-corrected chi connectivity index (χ4v) is 4.73. The summed E-state index contributed by atoms with van der Waals surface area (Å²) in [6.45, 7) is 0. The van der Waals surface area contributed by atoms with Crippen molar-refractivity contribution < 1.29 is 9.53 Å². The summed E-state index contributed by atoms with van der Waals surface area (Å²) in [4.78, 5) is 30.0. The molecule has 0 radical (unpaired) electrons. The van der Waals surface area contributed by atoms with Crippen molar-refractivity contribution in [3.63, 3.8) is 0 Å². The second-order valence-electron chi connectivity index (χ2n) is 6.34. The number of Topliss-reactive ketones (excluding diaryl/α,β-unsaturated/α-hetero) is 1. The second-order valence-corrected chi connectivity index (χ2v) is 7.91. The van der Waals surface area contributed by atoms with Gasteiger partial charge in [0, 0.05) is 6.42 Å². The molecule has 4 rings (SSSR count). The summed E-state index contributed by atoms with van der Waals surface area (Å²) in [7, 11) is 1.54. The van der Waals surface area contributed by atoms with Gasteiger partial charge in [0.25, 0.3) is 5.56 Å². The second kappa shape index (κ2) is 7.37. The third-order valence-corrected chi connectivity index (χ3v) is 6.20. The van der Waals surface area contributed by atoms with Crippen LogP contribution in [0.15, 0.2) is 52.4 Å². The number of halogens is 1. The van der Waals surface area contributed by atoms with Gasteiger partial charge in [0.15, 0.2) is 5.16 Å². The van der Waals surface area contributed by atoms with Crippen molar-refractivity contribution in [2.75, 3.05) is 7.11 Å². The zero-order valence-corrected chi connectivity index (χ0v) is 16.2. The van der Waals surface area contributed by atoms with Gasteiger partial charge in [-0.3, -0.25) is 14.2 Å². The van der Waals surface area contributed by atoms with E-state index < -0.39 is 0 Å². The van der Waals surface area contributed by atoms with E-state index in [1.165, 1.54) is 23.4 Å². The van der Waals surface area contributed by atoms with Crippen molar-refractivity contribution in [3.8, 4) is 11.4 Å². The number of rotatable bonds is 4. The number of nitrogens with zero attached hydrogens (tertiary/aromatic N) is 2. The van der Waals surface area contributed by atoms with Crippen LogP contribution < -0.4 is 10.3 Å². The maximum absolute atomic E-state index is 13.2. The van der Waals surface area contributed by atoms with Crippen LogP contribution in [0.25, 0.3) is 16.6 Å². The monoisotopic (exact) mass is 400 g/mol. The molecule has 0 bridgehead atoms. The predicted molar refractivity (Wildman–Crippen MR) is 107 cm³/mol. The number of hydrogen-bond donors (Lipinski definition) is 0. The molecular formula is C20H17ClN2O3S. The van der Waals surface area contributed by atoms with E-state index in [-0.39, 0.29) is 16.6 Å². The van der Waals surface area contributed by atoms with Crippen LogP contribution in [-0.2, 0) is 4.79 Å². The predicted octanol–water partition coefficient (Wildman–Crippen LogP) is 4.26. The van der Waals surface area contributed by atoms with Crippen molar-refractivity contribution in [1.82, 2.24) is 9.55 Å². The molecule has 1 aliphatic rings. The molecule has 2 aromatic carbocycles. The van der Waals surface area contributed by atoms with Crippen LogP contribution in [0.5, 0.6) is 5.75 Å². The highest BCUT2D eigenvalue weighted by molar-refractivity contribution is 8.00. The smallest absolute Gasteiger partial charge is 0.266 e. The van der Waals surface area contributed by atoms with Crippen LogP contribution in [0.2, 0.25) is 5.02 Å². The van der Waals surface area contributed by atoms with Crippen molar-refractivity contribution in [1.29, 1.82) is 0 Å². The number of methoxy groups -OCH3 is 1. The molecule has 1 saturated carbocycles. The van der Waals surface area contributed by atoms with Crippen molar-refractivity contribution >= 4 is 40.0 Å². The summed E-state index contributed by atoms with van der Waals surface area (Å²) >= 11 is 7.63. The van der Waals surface area contributed by atoms with Crippen LogP contribution in [0.4, 0.5) is 0 Å². The summed E-state index contributed by atoms with van der Waals surface area (Å²) in [6.07, 6.45) is 2.27. The Morgan fingerprint density at radius 1 is 1.22 bits per heavy atom. The Bertz CT molecular complexity index is 1100. The van der Waals surface area contributed by atoms with Gasteiger partial charge >= 0.3 is 0 Å². The van der Waals surface area contributed by atoms with Crippen molar-refractivity contribution in [2.24, 2.45) is 0 Å². The molecule has 7 heteroatoms. The van der Waals surface area contributed by atoms with E-state index in [4.69, 9.17) is 16.3 Å². The highest BCUT2D eigenvalue weighted by atomic mass is 35.5. The maximum Gasteiger partial charge on any atom is 0.266 e. The molecule has 1 fully saturated rings. The molecular weight excluding hydrogens is 384 g/mol.